The van der Waals surface area contributed by atoms with Crippen molar-refractivity contribution in [1.29, 1.82) is 0 Å². The summed E-state index contributed by atoms with van der Waals surface area (Å²) >= 11 is 0. The molecule has 0 aromatic heterocycles. The van der Waals surface area contributed by atoms with E-state index in [0.29, 0.717) is 6.42 Å². The van der Waals surface area contributed by atoms with Crippen molar-refractivity contribution in [3.63, 3.8) is 0 Å². The van der Waals surface area contributed by atoms with Crippen LogP contribution in [0.5, 0.6) is 0 Å². The second kappa shape index (κ2) is 14.8. The Kier molecular flexibility index (Phi) is 14.4. The van der Waals surface area contributed by atoms with Gasteiger partial charge in [0.2, 0.25) is 0 Å². The highest BCUT2D eigenvalue weighted by atomic mass is 19.1. The van der Waals surface area contributed by atoms with Gasteiger partial charge in [-0.2, -0.15) is 0 Å². The first-order valence-electron chi connectivity index (χ1n) is 8.51. The summed E-state index contributed by atoms with van der Waals surface area (Å²) in [7, 11) is 0. The lowest BCUT2D eigenvalue weighted by Gasteiger charge is -2.12. The van der Waals surface area contributed by atoms with Crippen LogP contribution in [-0.4, -0.2) is 17.8 Å². The number of carboxylic acid groups (broad SMARTS) is 1. The molecule has 0 fully saturated rings. The lowest BCUT2D eigenvalue weighted by Crippen LogP contribution is -2.13. The van der Waals surface area contributed by atoms with Crippen LogP contribution in [0.3, 0.4) is 0 Å². The van der Waals surface area contributed by atoms with E-state index >= 15 is 0 Å². The van der Waals surface area contributed by atoms with Crippen molar-refractivity contribution in [3.8, 4) is 0 Å². The molecule has 0 saturated heterocycles. The molecular formula is C17H33FO2. The fourth-order valence-electron chi connectivity index (χ4n) is 2.58. The molecule has 0 saturated carbocycles. The second-order valence-corrected chi connectivity index (χ2v) is 5.84. The Morgan fingerprint density at radius 2 is 1.30 bits per heavy atom. The number of carboxylic acids is 1. The molecule has 0 aromatic carbocycles. The molecule has 0 heterocycles. The van der Waals surface area contributed by atoms with Crippen molar-refractivity contribution >= 4 is 5.97 Å². The predicted molar refractivity (Wildman–Crippen MR) is 82.8 cm³/mol. The van der Waals surface area contributed by atoms with Gasteiger partial charge in [0.1, 0.15) is 0 Å². The molecular weight excluding hydrogens is 255 g/mol. The molecule has 0 aliphatic heterocycles. The number of halogens is 1. The van der Waals surface area contributed by atoms with Crippen LogP contribution in [0.1, 0.15) is 90.4 Å². The van der Waals surface area contributed by atoms with Crippen LogP contribution in [0, 0.1) is 5.92 Å². The van der Waals surface area contributed by atoms with Gasteiger partial charge in [-0.25, -0.2) is 0 Å². The third kappa shape index (κ3) is 12.4. The zero-order chi connectivity index (χ0) is 15.1. The average Bonchev–Trinajstić information content (AvgIpc) is 2.43. The Labute approximate surface area is 124 Å². The zero-order valence-corrected chi connectivity index (χ0v) is 13.2. The van der Waals surface area contributed by atoms with E-state index in [-0.39, 0.29) is 12.6 Å². The molecule has 0 aliphatic rings. The molecule has 0 aliphatic carbocycles. The number of hydrogen-bond donors (Lipinski definition) is 1. The summed E-state index contributed by atoms with van der Waals surface area (Å²) in [5, 5.41) is 9.21. The van der Waals surface area contributed by atoms with Gasteiger partial charge in [-0.3, -0.25) is 9.18 Å². The van der Waals surface area contributed by atoms with Gasteiger partial charge in [0.05, 0.1) is 12.6 Å². The fraction of sp³-hybridized carbons (Fsp3) is 0.941. The Hall–Kier alpha value is -0.600. The van der Waals surface area contributed by atoms with E-state index in [4.69, 9.17) is 0 Å². The van der Waals surface area contributed by atoms with E-state index < -0.39 is 5.97 Å². The lowest BCUT2D eigenvalue weighted by molar-refractivity contribution is -0.142. The van der Waals surface area contributed by atoms with E-state index in [2.05, 4.69) is 6.92 Å². The molecule has 1 unspecified atom stereocenters. The number of alkyl halides is 1. The quantitative estimate of drug-likeness (QED) is 0.390. The number of aliphatic carboxylic acids is 1. The van der Waals surface area contributed by atoms with Crippen LogP contribution < -0.4 is 0 Å². The maximum absolute atomic E-state index is 11.9. The summed E-state index contributed by atoms with van der Waals surface area (Å²) in [6.07, 6.45) is 13.5. The van der Waals surface area contributed by atoms with Crippen molar-refractivity contribution in [2.45, 2.75) is 90.4 Å². The maximum atomic E-state index is 11.9. The van der Waals surface area contributed by atoms with Gasteiger partial charge in [0.25, 0.3) is 0 Å². The Balaban J connectivity index is 3.53. The van der Waals surface area contributed by atoms with Crippen molar-refractivity contribution in [1.82, 2.24) is 0 Å². The van der Waals surface area contributed by atoms with Crippen LogP contribution in [0.4, 0.5) is 4.39 Å². The molecule has 1 atom stereocenters. The first kappa shape index (κ1) is 19.4. The molecule has 0 spiro atoms. The van der Waals surface area contributed by atoms with Crippen LogP contribution in [0.2, 0.25) is 0 Å². The minimum absolute atomic E-state index is 0.164. The molecule has 1 N–H and O–H groups in total. The van der Waals surface area contributed by atoms with E-state index in [1.165, 1.54) is 32.1 Å². The number of rotatable bonds is 15. The molecule has 0 rings (SSSR count). The summed E-state index contributed by atoms with van der Waals surface area (Å²) < 4.78 is 11.9. The smallest absolute Gasteiger partial charge is 0.306 e. The second-order valence-electron chi connectivity index (χ2n) is 5.84. The molecule has 0 bridgehead atoms. The van der Waals surface area contributed by atoms with Crippen LogP contribution in [0.25, 0.3) is 0 Å². The topological polar surface area (TPSA) is 37.3 Å². The Morgan fingerprint density at radius 3 is 1.75 bits per heavy atom. The van der Waals surface area contributed by atoms with Gasteiger partial charge in [0, 0.05) is 0 Å². The van der Waals surface area contributed by atoms with Crippen LogP contribution in [-0.2, 0) is 4.79 Å². The van der Waals surface area contributed by atoms with E-state index in [1.807, 2.05) is 0 Å². The molecule has 120 valence electrons. The molecule has 20 heavy (non-hydrogen) atoms. The number of carbonyl (C=O) groups is 1. The van der Waals surface area contributed by atoms with E-state index in [0.717, 1.165) is 44.9 Å². The summed E-state index contributed by atoms with van der Waals surface area (Å²) in [5.74, 6) is -0.801. The average molecular weight is 288 g/mol. The summed E-state index contributed by atoms with van der Waals surface area (Å²) in [4.78, 5) is 11.2. The largest absolute Gasteiger partial charge is 0.481 e. The SMILES string of the molecule is CCCCCCCCC(CCCCCCCF)C(=O)O. The van der Waals surface area contributed by atoms with Crippen molar-refractivity contribution in [2.75, 3.05) is 6.67 Å². The Bertz CT molecular complexity index is 203. The normalized spacial score (nSPS) is 12.5. The standard InChI is InChI=1S/C17H33FO2/c1-2-3-4-5-7-10-13-16(17(19)20)14-11-8-6-9-12-15-18/h16H,2-15H2,1H3,(H,19,20). The van der Waals surface area contributed by atoms with Gasteiger partial charge in [-0.1, -0.05) is 71.1 Å². The molecule has 0 amide bonds. The monoisotopic (exact) mass is 288 g/mol. The van der Waals surface area contributed by atoms with Crippen molar-refractivity contribution in [2.24, 2.45) is 5.92 Å². The lowest BCUT2D eigenvalue weighted by atomic mass is 9.94. The highest BCUT2D eigenvalue weighted by Gasteiger charge is 2.16. The third-order valence-corrected chi connectivity index (χ3v) is 3.94. The van der Waals surface area contributed by atoms with E-state index in [1.54, 1.807) is 0 Å². The first-order valence-corrected chi connectivity index (χ1v) is 8.51. The highest BCUT2D eigenvalue weighted by molar-refractivity contribution is 5.69. The van der Waals surface area contributed by atoms with Crippen molar-refractivity contribution < 1.29 is 14.3 Å². The minimum atomic E-state index is -0.637. The van der Waals surface area contributed by atoms with Gasteiger partial charge in [-0.15, -0.1) is 0 Å². The first-order chi connectivity index (χ1) is 9.72. The summed E-state index contributed by atoms with van der Waals surface area (Å²) in [6, 6.07) is 0. The van der Waals surface area contributed by atoms with Crippen LogP contribution in [0.15, 0.2) is 0 Å². The highest BCUT2D eigenvalue weighted by Crippen LogP contribution is 2.19. The van der Waals surface area contributed by atoms with Gasteiger partial charge >= 0.3 is 5.97 Å². The molecule has 3 heteroatoms. The molecule has 0 radical (unpaired) electrons. The Morgan fingerprint density at radius 1 is 0.850 bits per heavy atom. The molecule has 0 aromatic rings. The van der Waals surface area contributed by atoms with Gasteiger partial charge in [-0.05, 0) is 19.3 Å². The summed E-state index contributed by atoms with van der Waals surface area (Å²) in [6.45, 7) is 1.98. The van der Waals surface area contributed by atoms with Gasteiger partial charge in [0.15, 0.2) is 0 Å². The predicted octanol–water partition coefficient (Wildman–Crippen LogP) is 5.75. The van der Waals surface area contributed by atoms with Gasteiger partial charge < -0.3 is 5.11 Å². The number of hydrogen-bond acceptors (Lipinski definition) is 1. The third-order valence-electron chi connectivity index (χ3n) is 3.94. The zero-order valence-electron chi connectivity index (χ0n) is 13.2. The molecule has 2 nitrogen and oxygen atoms in total. The van der Waals surface area contributed by atoms with Crippen LogP contribution >= 0.6 is 0 Å². The fourth-order valence-corrected chi connectivity index (χ4v) is 2.58. The summed E-state index contributed by atoms with van der Waals surface area (Å²) in [5.41, 5.74) is 0. The number of unbranched alkanes of at least 4 members (excludes halogenated alkanes) is 9. The van der Waals surface area contributed by atoms with Crippen molar-refractivity contribution in [3.05, 3.63) is 0 Å². The minimum Gasteiger partial charge on any atom is -0.481 e. The van der Waals surface area contributed by atoms with E-state index in [9.17, 15) is 14.3 Å². The maximum Gasteiger partial charge on any atom is 0.306 e.